The smallest absolute Gasteiger partial charge is 0.251 e. The number of likely N-dealkylation sites (tertiary alicyclic amines) is 1. The van der Waals surface area contributed by atoms with Crippen LogP contribution >= 0.6 is 11.8 Å². The molecule has 4 rings (SSSR count). The molecule has 1 fully saturated rings. The quantitative estimate of drug-likeness (QED) is 0.455. The molecule has 2 N–H and O–H groups in total. The molecule has 9 nitrogen and oxygen atoms in total. The van der Waals surface area contributed by atoms with Crippen LogP contribution in [0.5, 0.6) is 0 Å². The molecule has 0 spiro atoms. The third-order valence-electron chi connectivity index (χ3n) is 5.74. The van der Waals surface area contributed by atoms with E-state index >= 15 is 0 Å². The van der Waals surface area contributed by atoms with Gasteiger partial charge in [0.05, 0.1) is 5.75 Å². The van der Waals surface area contributed by atoms with Gasteiger partial charge in [0.2, 0.25) is 11.1 Å². The Hall–Kier alpha value is -3.24. The van der Waals surface area contributed by atoms with E-state index in [9.17, 15) is 9.59 Å². The number of hydrogen-bond donors (Lipinski definition) is 2. The van der Waals surface area contributed by atoms with Crippen LogP contribution in [0.4, 0.5) is 5.69 Å². The summed E-state index contributed by atoms with van der Waals surface area (Å²) in [7, 11) is 1.72. The van der Waals surface area contributed by atoms with Gasteiger partial charge in [-0.15, -0.1) is 5.10 Å². The summed E-state index contributed by atoms with van der Waals surface area (Å²) in [6, 6.07) is 15.2. The summed E-state index contributed by atoms with van der Waals surface area (Å²) in [5.41, 5.74) is 3.58. The van der Waals surface area contributed by atoms with Crippen molar-refractivity contribution in [1.82, 2.24) is 30.4 Å². The molecule has 2 heterocycles. The number of anilines is 1. The third-order valence-corrected chi connectivity index (χ3v) is 6.76. The number of tetrazole rings is 1. The lowest BCUT2D eigenvalue weighted by atomic mass is 10.0. The van der Waals surface area contributed by atoms with E-state index in [-0.39, 0.29) is 17.6 Å². The molecule has 1 aliphatic heterocycles. The van der Waals surface area contributed by atoms with Gasteiger partial charge < -0.3 is 10.6 Å². The Morgan fingerprint density at radius 1 is 1.00 bits per heavy atom. The van der Waals surface area contributed by atoms with Crippen LogP contribution in [0.3, 0.4) is 0 Å². The first-order valence-electron chi connectivity index (χ1n) is 11.4. The molecular weight excluding hydrogens is 450 g/mol. The molecule has 0 unspecified atom stereocenters. The van der Waals surface area contributed by atoms with Gasteiger partial charge in [-0.25, -0.2) is 4.68 Å². The molecule has 10 heteroatoms. The third kappa shape index (κ3) is 6.64. The van der Waals surface area contributed by atoms with Crippen LogP contribution in [0.1, 0.15) is 40.7 Å². The fourth-order valence-electron chi connectivity index (χ4n) is 3.90. The van der Waals surface area contributed by atoms with Crippen molar-refractivity contribution >= 4 is 29.3 Å². The summed E-state index contributed by atoms with van der Waals surface area (Å²) in [6.07, 6.45) is 3.83. The minimum Gasteiger partial charge on any atom is -0.348 e. The number of benzene rings is 2. The van der Waals surface area contributed by atoms with E-state index in [4.69, 9.17) is 0 Å². The molecule has 0 radical (unpaired) electrons. The summed E-state index contributed by atoms with van der Waals surface area (Å²) in [4.78, 5) is 27.4. The van der Waals surface area contributed by atoms with E-state index in [1.807, 2.05) is 6.07 Å². The lowest BCUT2D eigenvalue weighted by molar-refractivity contribution is -0.113. The Bertz CT molecular complexity index is 1110. The Kier molecular flexibility index (Phi) is 8.26. The van der Waals surface area contributed by atoms with Crippen molar-refractivity contribution in [2.45, 2.75) is 37.5 Å². The van der Waals surface area contributed by atoms with E-state index in [2.05, 4.69) is 49.3 Å². The highest BCUT2D eigenvalue weighted by Crippen LogP contribution is 2.17. The zero-order valence-electron chi connectivity index (χ0n) is 19.2. The molecule has 1 saturated heterocycles. The minimum atomic E-state index is -0.171. The van der Waals surface area contributed by atoms with Crippen molar-refractivity contribution in [2.24, 2.45) is 7.05 Å². The predicted molar refractivity (Wildman–Crippen MR) is 131 cm³/mol. The number of aromatic nitrogens is 4. The van der Waals surface area contributed by atoms with Crippen molar-refractivity contribution in [2.75, 3.05) is 24.2 Å². The maximum atomic E-state index is 12.7. The van der Waals surface area contributed by atoms with Gasteiger partial charge >= 0.3 is 0 Å². The molecule has 0 bridgehead atoms. The second-order valence-electron chi connectivity index (χ2n) is 8.29. The SMILES string of the molecule is Cn1nnnc1SCC(=O)Nc1ccc(C(=O)NCc2ccccc2CN2CCCCC2)cc1. The largest absolute Gasteiger partial charge is 0.348 e. The van der Waals surface area contributed by atoms with Crippen LogP contribution in [-0.4, -0.2) is 55.8 Å². The van der Waals surface area contributed by atoms with Crippen molar-refractivity contribution < 1.29 is 9.59 Å². The summed E-state index contributed by atoms with van der Waals surface area (Å²) in [5.74, 6) is -0.126. The van der Waals surface area contributed by atoms with Crippen LogP contribution in [0.2, 0.25) is 0 Å². The summed E-state index contributed by atoms with van der Waals surface area (Å²) in [5, 5.41) is 17.5. The lowest BCUT2D eigenvalue weighted by Crippen LogP contribution is -2.30. The van der Waals surface area contributed by atoms with Gasteiger partial charge in [-0.05, 0) is 71.8 Å². The summed E-state index contributed by atoms with van der Waals surface area (Å²) >= 11 is 1.25. The Labute approximate surface area is 203 Å². The number of nitrogens with zero attached hydrogens (tertiary/aromatic N) is 5. The van der Waals surface area contributed by atoms with Gasteiger partial charge in [-0.2, -0.15) is 0 Å². The first kappa shape index (κ1) is 23.9. The van der Waals surface area contributed by atoms with Crippen molar-refractivity contribution in [1.29, 1.82) is 0 Å². The first-order chi connectivity index (χ1) is 16.6. The van der Waals surface area contributed by atoms with E-state index in [1.54, 1.807) is 31.3 Å². The van der Waals surface area contributed by atoms with Gasteiger partial charge in [-0.3, -0.25) is 14.5 Å². The molecule has 3 aromatic rings. The number of aryl methyl sites for hydroxylation is 1. The van der Waals surface area contributed by atoms with Crippen molar-refractivity contribution in [3.05, 3.63) is 65.2 Å². The number of thioether (sulfide) groups is 1. The number of piperidine rings is 1. The second kappa shape index (κ2) is 11.8. The fourth-order valence-corrected chi connectivity index (χ4v) is 4.55. The van der Waals surface area contributed by atoms with E-state index in [0.717, 1.165) is 25.2 Å². The maximum Gasteiger partial charge on any atom is 0.251 e. The molecule has 0 atom stereocenters. The van der Waals surface area contributed by atoms with Gasteiger partial charge in [-0.1, -0.05) is 42.4 Å². The monoisotopic (exact) mass is 479 g/mol. The second-order valence-corrected chi connectivity index (χ2v) is 9.23. The van der Waals surface area contributed by atoms with Crippen LogP contribution in [0, 0.1) is 0 Å². The highest BCUT2D eigenvalue weighted by molar-refractivity contribution is 7.99. The fraction of sp³-hybridized carbons (Fsp3) is 0.375. The van der Waals surface area contributed by atoms with Crippen LogP contribution in [0.25, 0.3) is 0 Å². The van der Waals surface area contributed by atoms with Gasteiger partial charge in [0.25, 0.3) is 5.91 Å². The van der Waals surface area contributed by atoms with Crippen molar-refractivity contribution in [3.8, 4) is 0 Å². The number of carbonyl (C=O) groups excluding carboxylic acids is 2. The molecular formula is C24H29N7O2S. The predicted octanol–water partition coefficient (Wildman–Crippen LogP) is 2.86. The van der Waals surface area contributed by atoms with Crippen LogP contribution in [0.15, 0.2) is 53.7 Å². The number of nitrogens with one attached hydrogen (secondary N) is 2. The molecule has 34 heavy (non-hydrogen) atoms. The van der Waals surface area contributed by atoms with Crippen molar-refractivity contribution in [3.63, 3.8) is 0 Å². The van der Waals surface area contributed by atoms with E-state index < -0.39 is 0 Å². The van der Waals surface area contributed by atoms with Crippen LogP contribution < -0.4 is 10.6 Å². The highest BCUT2D eigenvalue weighted by Gasteiger charge is 2.14. The molecule has 2 aromatic carbocycles. The summed E-state index contributed by atoms with van der Waals surface area (Å²) < 4.78 is 1.51. The number of carbonyl (C=O) groups is 2. The standard InChI is InChI=1S/C24H29N7O2S/c1-30-24(27-28-29-30)34-17-22(32)26-21-11-9-18(10-12-21)23(33)25-15-19-7-3-4-8-20(19)16-31-13-5-2-6-14-31/h3-4,7-12H,2,5-6,13-17H2,1H3,(H,25,33)(H,26,32). The number of rotatable bonds is 9. The first-order valence-corrected chi connectivity index (χ1v) is 12.4. The zero-order valence-corrected chi connectivity index (χ0v) is 20.1. The van der Waals surface area contributed by atoms with Gasteiger partial charge in [0, 0.05) is 31.4 Å². The Morgan fingerprint density at radius 3 is 2.44 bits per heavy atom. The zero-order chi connectivity index (χ0) is 23.8. The molecule has 0 aliphatic carbocycles. The number of hydrogen-bond acceptors (Lipinski definition) is 7. The molecule has 1 aromatic heterocycles. The maximum absolute atomic E-state index is 12.7. The normalized spacial score (nSPS) is 14.0. The van der Waals surface area contributed by atoms with Crippen LogP contribution in [-0.2, 0) is 24.9 Å². The van der Waals surface area contributed by atoms with Gasteiger partial charge in [0.1, 0.15) is 0 Å². The van der Waals surface area contributed by atoms with Gasteiger partial charge in [0.15, 0.2) is 0 Å². The average molecular weight is 480 g/mol. The minimum absolute atomic E-state index is 0.143. The molecule has 2 amide bonds. The lowest BCUT2D eigenvalue weighted by Gasteiger charge is -2.27. The Morgan fingerprint density at radius 2 is 1.74 bits per heavy atom. The molecule has 1 aliphatic rings. The highest BCUT2D eigenvalue weighted by atomic mass is 32.2. The topological polar surface area (TPSA) is 105 Å². The molecule has 178 valence electrons. The summed E-state index contributed by atoms with van der Waals surface area (Å²) in [6.45, 7) is 3.68. The number of amides is 2. The average Bonchev–Trinajstić information content (AvgIpc) is 3.27. The van der Waals surface area contributed by atoms with E-state index in [0.29, 0.717) is 23.0 Å². The van der Waals surface area contributed by atoms with E-state index in [1.165, 1.54) is 41.3 Å². The Balaban J connectivity index is 1.27. The molecule has 0 saturated carbocycles.